The van der Waals surface area contributed by atoms with Crippen LogP contribution in [0.3, 0.4) is 0 Å². The van der Waals surface area contributed by atoms with Gasteiger partial charge in [-0.2, -0.15) is 0 Å². The number of aliphatic hydroxyl groups excluding tert-OH is 2. The van der Waals surface area contributed by atoms with Gasteiger partial charge in [0.25, 0.3) is 0 Å². The average Bonchev–Trinajstić information content (AvgIpc) is 3.30. The number of aliphatic carboxylic acids is 1. The Labute approximate surface area is 194 Å². The Bertz CT molecular complexity index is 843. The first-order valence-corrected chi connectivity index (χ1v) is 10.2. The largest absolute Gasteiger partial charge is 0.480 e. The number of imidazole rings is 1. The van der Waals surface area contributed by atoms with Crippen LogP contribution in [0.2, 0.25) is 0 Å². The van der Waals surface area contributed by atoms with Gasteiger partial charge in [0.05, 0.1) is 19.5 Å². The number of nitrogens with one attached hydrogen (secondary N) is 4. The number of hydrogen-bond acceptors (Lipinski definition) is 9. The number of aromatic nitrogens is 2. The topological polar surface area (TPSA) is 284 Å². The molecule has 0 aliphatic heterocycles. The van der Waals surface area contributed by atoms with Crippen molar-refractivity contribution in [1.29, 1.82) is 0 Å². The van der Waals surface area contributed by atoms with Crippen molar-refractivity contribution in [1.82, 2.24) is 25.9 Å². The number of amides is 3. The number of carbonyl (C=O) groups is 4. The maximum Gasteiger partial charge on any atom is 0.326 e. The van der Waals surface area contributed by atoms with Crippen molar-refractivity contribution in [2.24, 2.45) is 22.2 Å². The molecular formula is C18H31N9O7. The number of rotatable bonds is 15. The van der Waals surface area contributed by atoms with Gasteiger partial charge in [0.1, 0.15) is 24.2 Å². The maximum absolute atomic E-state index is 12.8. The fraction of sp³-hybridized carbons (Fsp3) is 0.556. The van der Waals surface area contributed by atoms with E-state index in [0.29, 0.717) is 5.69 Å². The summed E-state index contributed by atoms with van der Waals surface area (Å²) in [5.41, 5.74) is 16.3. The molecule has 190 valence electrons. The van der Waals surface area contributed by atoms with Crippen molar-refractivity contribution in [3.05, 3.63) is 18.2 Å². The molecule has 16 heteroatoms. The predicted molar refractivity (Wildman–Crippen MR) is 118 cm³/mol. The molecule has 0 aliphatic rings. The number of carbonyl (C=O) groups excluding carboxylic acids is 3. The summed E-state index contributed by atoms with van der Waals surface area (Å²) in [5, 5.41) is 34.8. The Morgan fingerprint density at radius 2 is 1.62 bits per heavy atom. The van der Waals surface area contributed by atoms with Crippen LogP contribution in [0, 0.1) is 0 Å². The lowest BCUT2D eigenvalue weighted by atomic mass is 10.1. The molecule has 1 aromatic rings. The molecule has 0 bridgehead atoms. The Morgan fingerprint density at radius 3 is 2.15 bits per heavy atom. The second-order valence-corrected chi connectivity index (χ2v) is 7.22. The molecule has 1 aromatic heterocycles. The van der Waals surface area contributed by atoms with Gasteiger partial charge in [-0.15, -0.1) is 0 Å². The molecule has 16 nitrogen and oxygen atoms in total. The Kier molecular flexibility index (Phi) is 12.0. The molecule has 1 rings (SSSR count). The molecule has 0 saturated heterocycles. The fourth-order valence-corrected chi connectivity index (χ4v) is 2.69. The van der Waals surface area contributed by atoms with E-state index in [-0.39, 0.29) is 31.8 Å². The predicted octanol–water partition coefficient (Wildman–Crippen LogP) is -5.14. The molecule has 0 saturated carbocycles. The highest BCUT2D eigenvalue weighted by Gasteiger charge is 2.30. The number of nitrogens with two attached hydrogens (primary N) is 3. The summed E-state index contributed by atoms with van der Waals surface area (Å²) in [6.45, 7) is -1.36. The summed E-state index contributed by atoms with van der Waals surface area (Å²) >= 11 is 0. The molecule has 13 N–H and O–H groups in total. The molecule has 4 unspecified atom stereocenters. The second kappa shape index (κ2) is 14.4. The summed E-state index contributed by atoms with van der Waals surface area (Å²) in [5.74, 6) is -4.12. The van der Waals surface area contributed by atoms with Crippen molar-refractivity contribution in [2.45, 2.75) is 43.4 Å². The SMILES string of the molecule is NC(N)=NCCCC(NC(=O)C(CO)NC(=O)C(Cc1cnc[nH]1)NC(=O)C(N)CO)C(=O)O. The van der Waals surface area contributed by atoms with E-state index in [1.54, 1.807) is 0 Å². The zero-order chi connectivity index (χ0) is 25.7. The molecule has 34 heavy (non-hydrogen) atoms. The first-order chi connectivity index (χ1) is 16.1. The molecule has 0 spiro atoms. The number of aromatic amines is 1. The minimum absolute atomic E-state index is 0.0124. The van der Waals surface area contributed by atoms with E-state index in [4.69, 9.17) is 22.3 Å². The van der Waals surface area contributed by atoms with Crippen LogP contribution in [-0.4, -0.2) is 98.9 Å². The number of carboxylic acids is 1. The number of hydrogen-bond donors (Lipinski definition) is 10. The Hall–Kier alpha value is -3.76. The molecule has 4 atom stereocenters. The first-order valence-electron chi connectivity index (χ1n) is 10.2. The molecule has 1 heterocycles. The first kappa shape index (κ1) is 28.3. The number of guanidine groups is 1. The standard InChI is InChI=1S/C18H31N9O7/c19-10(6-28)14(30)26-12(4-9-5-22-8-24-9)15(31)27-13(7-29)16(32)25-11(17(33)34)2-1-3-23-18(20)21/h5,8,10-13,28-29H,1-4,6-7,19H2,(H,22,24)(H,25,32)(H,26,30)(H,27,31)(H,33,34)(H4,20,21,23). The average molecular weight is 486 g/mol. The Morgan fingerprint density at radius 1 is 1.00 bits per heavy atom. The zero-order valence-electron chi connectivity index (χ0n) is 18.3. The van der Waals surface area contributed by atoms with Gasteiger partial charge in [-0.05, 0) is 12.8 Å². The third kappa shape index (κ3) is 9.80. The van der Waals surface area contributed by atoms with E-state index in [1.165, 1.54) is 12.5 Å². The summed E-state index contributed by atoms with van der Waals surface area (Å²) in [6, 6.07) is -5.37. The lowest BCUT2D eigenvalue weighted by molar-refractivity contribution is -0.142. The number of nitrogens with zero attached hydrogens (tertiary/aromatic N) is 2. The Balaban J connectivity index is 2.84. The number of carboxylic acid groups (broad SMARTS) is 1. The van der Waals surface area contributed by atoms with Crippen LogP contribution < -0.4 is 33.2 Å². The zero-order valence-corrected chi connectivity index (χ0v) is 18.3. The highest BCUT2D eigenvalue weighted by atomic mass is 16.4. The van der Waals surface area contributed by atoms with Gasteiger partial charge in [-0.3, -0.25) is 19.4 Å². The van der Waals surface area contributed by atoms with Gasteiger partial charge in [-0.25, -0.2) is 9.78 Å². The molecular weight excluding hydrogens is 454 g/mol. The third-order valence-electron chi connectivity index (χ3n) is 4.52. The van der Waals surface area contributed by atoms with Crippen LogP contribution in [0.4, 0.5) is 0 Å². The van der Waals surface area contributed by atoms with Crippen molar-refractivity contribution in [2.75, 3.05) is 19.8 Å². The van der Waals surface area contributed by atoms with Crippen molar-refractivity contribution in [3.8, 4) is 0 Å². The fourth-order valence-electron chi connectivity index (χ4n) is 2.69. The number of H-pyrrole nitrogens is 1. The summed E-state index contributed by atoms with van der Waals surface area (Å²) in [4.78, 5) is 59.1. The number of aliphatic imine (C=N–C) groups is 1. The van der Waals surface area contributed by atoms with Crippen LogP contribution in [0.1, 0.15) is 18.5 Å². The van der Waals surface area contributed by atoms with Crippen molar-refractivity contribution < 1.29 is 34.5 Å². The van der Waals surface area contributed by atoms with E-state index in [2.05, 4.69) is 30.9 Å². The highest BCUT2D eigenvalue weighted by molar-refractivity contribution is 5.94. The highest BCUT2D eigenvalue weighted by Crippen LogP contribution is 2.02. The monoisotopic (exact) mass is 485 g/mol. The summed E-state index contributed by atoms with van der Waals surface area (Å²) in [6.07, 6.45) is 2.93. The molecule has 3 amide bonds. The van der Waals surface area contributed by atoms with E-state index in [0.717, 1.165) is 0 Å². The molecule has 0 aliphatic carbocycles. The maximum atomic E-state index is 12.8. The van der Waals surface area contributed by atoms with Gasteiger partial charge in [-0.1, -0.05) is 0 Å². The van der Waals surface area contributed by atoms with Crippen LogP contribution in [0.15, 0.2) is 17.5 Å². The van der Waals surface area contributed by atoms with Gasteiger partial charge in [0.2, 0.25) is 17.7 Å². The van der Waals surface area contributed by atoms with Crippen LogP contribution >= 0.6 is 0 Å². The third-order valence-corrected chi connectivity index (χ3v) is 4.52. The quantitative estimate of drug-likeness (QED) is 0.0636. The minimum Gasteiger partial charge on any atom is -0.480 e. The lowest BCUT2D eigenvalue weighted by Gasteiger charge is -2.24. The van der Waals surface area contributed by atoms with Gasteiger partial charge >= 0.3 is 5.97 Å². The van der Waals surface area contributed by atoms with Gasteiger partial charge in [0.15, 0.2) is 5.96 Å². The second-order valence-electron chi connectivity index (χ2n) is 7.22. The van der Waals surface area contributed by atoms with Gasteiger partial charge < -0.3 is 53.5 Å². The molecule has 0 aromatic carbocycles. The van der Waals surface area contributed by atoms with E-state index in [1.807, 2.05) is 0 Å². The van der Waals surface area contributed by atoms with Crippen molar-refractivity contribution in [3.63, 3.8) is 0 Å². The summed E-state index contributed by atoms with van der Waals surface area (Å²) in [7, 11) is 0. The van der Waals surface area contributed by atoms with Crippen molar-refractivity contribution >= 4 is 29.7 Å². The molecule has 0 fully saturated rings. The van der Waals surface area contributed by atoms with Crippen LogP contribution in [0.25, 0.3) is 0 Å². The normalized spacial score (nSPS) is 14.2. The smallest absolute Gasteiger partial charge is 0.326 e. The van der Waals surface area contributed by atoms with Crippen LogP contribution in [-0.2, 0) is 25.6 Å². The minimum atomic E-state index is -1.51. The van der Waals surface area contributed by atoms with E-state index in [9.17, 15) is 29.4 Å². The van der Waals surface area contributed by atoms with Gasteiger partial charge in [0, 0.05) is 24.9 Å². The van der Waals surface area contributed by atoms with E-state index >= 15 is 0 Å². The number of aliphatic hydroxyl groups is 2. The van der Waals surface area contributed by atoms with Crippen LogP contribution in [0.5, 0.6) is 0 Å². The lowest BCUT2D eigenvalue weighted by Crippen LogP contribution is -2.58. The molecule has 0 radical (unpaired) electrons. The van der Waals surface area contributed by atoms with E-state index < -0.39 is 61.1 Å². The summed E-state index contributed by atoms with van der Waals surface area (Å²) < 4.78 is 0.